The van der Waals surface area contributed by atoms with Crippen molar-refractivity contribution < 1.29 is 9.26 Å². The van der Waals surface area contributed by atoms with Crippen molar-refractivity contribution in [2.75, 3.05) is 0 Å². The molecule has 0 N–H and O–H groups in total. The van der Waals surface area contributed by atoms with Crippen LogP contribution in [0.15, 0.2) is 71.4 Å². The molecular formula is C18H13N3O2. The molecule has 0 aliphatic heterocycles. The first-order valence-corrected chi connectivity index (χ1v) is 7.24. The molecule has 0 aliphatic carbocycles. The van der Waals surface area contributed by atoms with Crippen LogP contribution in [0.2, 0.25) is 0 Å². The van der Waals surface area contributed by atoms with E-state index in [-0.39, 0.29) is 6.61 Å². The van der Waals surface area contributed by atoms with E-state index in [1.807, 2.05) is 54.6 Å². The Balaban J connectivity index is 1.49. The van der Waals surface area contributed by atoms with Gasteiger partial charge in [0.1, 0.15) is 11.4 Å². The van der Waals surface area contributed by atoms with Crippen LogP contribution in [0.25, 0.3) is 22.3 Å². The minimum absolute atomic E-state index is 0.220. The van der Waals surface area contributed by atoms with Crippen molar-refractivity contribution in [3.8, 4) is 17.3 Å². The maximum atomic E-state index is 5.73. The second-order valence-electron chi connectivity index (χ2n) is 5.02. The van der Waals surface area contributed by atoms with Crippen molar-refractivity contribution in [2.45, 2.75) is 6.61 Å². The second-order valence-corrected chi connectivity index (χ2v) is 5.02. The molecule has 0 unspecified atom stereocenters. The van der Waals surface area contributed by atoms with E-state index >= 15 is 0 Å². The van der Waals surface area contributed by atoms with Gasteiger partial charge in [0.05, 0.1) is 0 Å². The fourth-order valence-electron chi connectivity index (χ4n) is 2.31. The molecule has 0 saturated carbocycles. The summed E-state index contributed by atoms with van der Waals surface area (Å²) in [5.74, 6) is 1.64. The Bertz CT molecular complexity index is 935. The summed E-state index contributed by atoms with van der Waals surface area (Å²) in [7, 11) is 0. The average Bonchev–Trinajstić information content (AvgIpc) is 3.10. The predicted molar refractivity (Wildman–Crippen MR) is 85.8 cm³/mol. The van der Waals surface area contributed by atoms with Gasteiger partial charge < -0.3 is 9.26 Å². The molecule has 2 aromatic heterocycles. The van der Waals surface area contributed by atoms with Gasteiger partial charge in [-0.3, -0.25) is 4.98 Å². The van der Waals surface area contributed by atoms with Crippen molar-refractivity contribution in [3.05, 3.63) is 72.8 Å². The van der Waals surface area contributed by atoms with Gasteiger partial charge in [0.2, 0.25) is 5.82 Å². The normalized spacial score (nSPS) is 10.8. The molecule has 0 atom stereocenters. The molecule has 0 saturated heterocycles. The molecule has 0 amide bonds. The molecule has 2 aromatic carbocycles. The van der Waals surface area contributed by atoms with E-state index in [1.165, 1.54) is 5.39 Å². The van der Waals surface area contributed by atoms with E-state index in [0.717, 1.165) is 11.1 Å². The van der Waals surface area contributed by atoms with Crippen LogP contribution in [0.5, 0.6) is 5.75 Å². The fraction of sp³-hybridized carbons (Fsp3) is 0.0556. The smallest absolute Gasteiger partial charge is 0.264 e. The highest BCUT2D eigenvalue weighted by Gasteiger charge is 2.10. The lowest BCUT2D eigenvalue weighted by Gasteiger charge is -2.04. The van der Waals surface area contributed by atoms with E-state index < -0.39 is 0 Å². The first-order valence-electron chi connectivity index (χ1n) is 7.24. The minimum atomic E-state index is 0.220. The Kier molecular flexibility index (Phi) is 3.44. The Labute approximate surface area is 132 Å². The Morgan fingerprint density at radius 1 is 0.913 bits per heavy atom. The zero-order valence-electron chi connectivity index (χ0n) is 12.2. The summed E-state index contributed by atoms with van der Waals surface area (Å²) in [5.41, 5.74) is 0.674. The van der Waals surface area contributed by atoms with Gasteiger partial charge in [0.15, 0.2) is 6.61 Å². The summed E-state index contributed by atoms with van der Waals surface area (Å²) in [4.78, 5) is 8.48. The van der Waals surface area contributed by atoms with Crippen LogP contribution < -0.4 is 4.74 Å². The van der Waals surface area contributed by atoms with E-state index in [1.54, 1.807) is 6.20 Å². The molecule has 23 heavy (non-hydrogen) atoms. The first-order chi connectivity index (χ1) is 11.4. The second kappa shape index (κ2) is 5.88. The zero-order valence-corrected chi connectivity index (χ0v) is 12.2. The standard InChI is InChI=1S/C18H13N3O2/c1-2-6-14-11-15(9-8-13(14)5-1)22-12-17-20-18(21-23-17)16-7-3-4-10-19-16/h1-11H,12H2. The third kappa shape index (κ3) is 2.89. The molecule has 4 aromatic rings. The van der Waals surface area contributed by atoms with Gasteiger partial charge in [-0.15, -0.1) is 0 Å². The molecule has 0 bridgehead atoms. The lowest BCUT2D eigenvalue weighted by atomic mass is 10.1. The van der Waals surface area contributed by atoms with Gasteiger partial charge in [-0.2, -0.15) is 4.98 Å². The molecule has 0 fully saturated rings. The number of hydrogen-bond acceptors (Lipinski definition) is 5. The topological polar surface area (TPSA) is 61.0 Å². The molecule has 5 nitrogen and oxygen atoms in total. The molecular weight excluding hydrogens is 290 g/mol. The molecule has 0 spiro atoms. The van der Waals surface area contributed by atoms with Crippen LogP contribution in [0.4, 0.5) is 0 Å². The number of ether oxygens (including phenoxy) is 1. The number of rotatable bonds is 4. The van der Waals surface area contributed by atoms with E-state index in [0.29, 0.717) is 17.4 Å². The summed E-state index contributed by atoms with van der Waals surface area (Å²) < 4.78 is 10.9. The van der Waals surface area contributed by atoms with Gasteiger partial charge >= 0.3 is 0 Å². The third-order valence-electron chi connectivity index (χ3n) is 3.45. The molecule has 5 heteroatoms. The largest absolute Gasteiger partial charge is 0.484 e. The van der Waals surface area contributed by atoms with Crippen LogP contribution in [0.1, 0.15) is 5.89 Å². The monoisotopic (exact) mass is 303 g/mol. The maximum Gasteiger partial charge on any atom is 0.264 e. The Hall–Kier alpha value is -3.21. The number of benzene rings is 2. The van der Waals surface area contributed by atoms with Crippen LogP contribution >= 0.6 is 0 Å². The average molecular weight is 303 g/mol. The summed E-state index contributed by atoms with van der Waals surface area (Å²) in [5, 5.41) is 6.23. The number of aromatic nitrogens is 3. The van der Waals surface area contributed by atoms with Gasteiger partial charge in [-0.1, -0.05) is 41.6 Å². The van der Waals surface area contributed by atoms with Crippen LogP contribution in [0, 0.1) is 0 Å². The van der Waals surface area contributed by atoms with Crippen LogP contribution in [0.3, 0.4) is 0 Å². The summed E-state index contributed by atoms with van der Waals surface area (Å²) in [6.07, 6.45) is 1.69. The van der Waals surface area contributed by atoms with Crippen LogP contribution in [-0.4, -0.2) is 15.1 Å². The van der Waals surface area contributed by atoms with E-state index in [9.17, 15) is 0 Å². The summed E-state index contributed by atoms with van der Waals surface area (Å²) in [6, 6.07) is 19.6. The summed E-state index contributed by atoms with van der Waals surface area (Å²) in [6.45, 7) is 0.220. The molecule has 112 valence electrons. The van der Waals surface area contributed by atoms with Gasteiger partial charge in [0, 0.05) is 6.20 Å². The number of pyridine rings is 1. The fourth-order valence-corrected chi connectivity index (χ4v) is 2.31. The van der Waals surface area contributed by atoms with E-state index in [2.05, 4.69) is 21.2 Å². The summed E-state index contributed by atoms with van der Waals surface area (Å²) >= 11 is 0. The van der Waals surface area contributed by atoms with Gasteiger partial charge in [-0.25, -0.2) is 0 Å². The molecule has 0 aliphatic rings. The Morgan fingerprint density at radius 3 is 2.65 bits per heavy atom. The quantitative estimate of drug-likeness (QED) is 0.573. The Morgan fingerprint density at radius 2 is 1.78 bits per heavy atom. The maximum absolute atomic E-state index is 5.73. The van der Waals surface area contributed by atoms with Gasteiger partial charge in [0.25, 0.3) is 5.89 Å². The SMILES string of the molecule is c1ccc(-c2noc(COc3ccc4ccccc4c3)n2)nc1. The number of hydrogen-bond donors (Lipinski definition) is 0. The van der Waals surface area contributed by atoms with Crippen LogP contribution in [-0.2, 0) is 6.61 Å². The molecule has 2 heterocycles. The third-order valence-corrected chi connectivity index (χ3v) is 3.45. The highest BCUT2D eigenvalue weighted by molar-refractivity contribution is 5.83. The first kappa shape index (κ1) is 13.5. The van der Waals surface area contributed by atoms with E-state index in [4.69, 9.17) is 9.26 Å². The zero-order chi connectivity index (χ0) is 15.5. The van der Waals surface area contributed by atoms with Crippen molar-refractivity contribution in [1.29, 1.82) is 0 Å². The lowest BCUT2D eigenvalue weighted by molar-refractivity contribution is 0.243. The van der Waals surface area contributed by atoms with Crippen molar-refractivity contribution in [3.63, 3.8) is 0 Å². The van der Waals surface area contributed by atoms with Crippen molar-refractivity contribution in [2.24, 2.45) is 0 Å². The lowest BCUT2D eigenvalue weighted by Crippen LogP contribution is -1.95. The van der Waals surface area contributed by atoms with Crippen molar-refractivity contribution >= 4 is 10.8 Å². The molecule has 0 radical (unpaired) electrons. The predicted octanol–water partition coefficient (Wildman–Crippen LogP) is 3.86. The highest BCUT2D eigenvalue weighted by atomic mass is 16.5. The van der Waals surface area contributed by atoms with Gasteiger partial charge in [-0.05, 0) is 35.0 Å². The van der Waals surface area contributed by atoms with Crippen molar-refractivity contribution in [1.82, 2.24) is 15.1 Å². The number of nitrogens with zero attached hydrogens (tertiary/aromatic N) is 3. The minimum Gasteiger partial charge on any atom is -0.484 e. The molecule has 4 rings (SSSR count). The number of fused-ring (bicyclic) bond motifs is 1. The highest BCUT2D eigenvalue weighted by Crippen LogP contribution is 2.21.